The fraction of sp³-hybridized carbons (Fsp3) is 0.692. The lowest BCUT2D eigenvalue weighted by Gasteiger charge is -2.24. The van der Waals surface area contributed by atoms with Gasteiger partial charge in [-0.25, -0.2) is 4.79 Å². The summed E-state index contributed by atoms with van der Waals surface area (Å²) in [4.78, 5) is 47.8. The van der Waals surface area contributed by atoms with E-state index < -0.39 is 35.9 Å². The third kappa shape index (κ3) is 4.62. The van der Waals surface area contributed by atoms with Gasteiger partial charge in [0.25, 0.3) is 0 Å². The second-order valence-corrected chi connectivity index (χ2v) is 5.55. The maximum absolute atomic E-state index is 12.1. The van der Waals surface area contributed by atoms with Crippen LogP contribution in [0.1, 0.15) is 26.7 Å². The van der Waals surface area contributed by atoms with E-state index in [2.05, 4.69) is 23.3 Å². The summed E-state index contributed by atoms with van der Waals surface area (Å²) in [5.74, 6) is -2.45. The quantitative estimate of drug-likeness (QED) is 0.466. The largest absolute Gasteiger partial charge is 0.480 e. The number of carboxylic acids is 1. The maximum Gasteiger partial charge on any atom is 0.327 e. The van der Waals surface area contributed by atoms with Crippen molar-refractivity contribution in [3.05, 3.63) is 0 Å². The fourth-order valence-electron chi connectivity index (χ4n) is 2.27. The minimum absolute atomic E-state index is 0.0531. The zero-order chi connectivity index (χ0) is 16.9. The molecule has 3 amide bonds. The Morgan fingerprint density at radius 1 is 1.32 bits per heavy atom. The van der Waals surface area contributed by atoms with E-state index in [-0.39, 0.29) is 11.7 Å². The highest BCUT2D eigenvalue weighted by Crippen LogP contribution is 2.17. The molecular weight excluding hydrogens is 310 g/mol. The van der Waals surface area contributed by atoms with Crippen molar-refractivity contribution in [2.45, 2.75) is 44.8 Å². The summed E-state index contributed by atoms with van der Waals surface area (Å²) in [6.45, 7) is 3.37. The molecule has 1 fully saturated rings. The van der Waals surface area contributed by atoms with E-state index in [9.17, 15) is 19.2 Å². The molecule has 0 bridgehead atoms. The van der Waals surface area contributed by atoms with Crippen molar-refractivity contribution in [1.82, 2.24) is 15.5 Å². The molecule has 0 saturated carbocycles. The Bertz CT molecular complexity index is 471. The highest BCUT2D eigenvalue weighted by molar-refractivity contribution is 7.80. The number of carbonyl (C=O) groups excluding carboxylic acids is 3. The highest BCUT2D eigenvalue weighted by Gasteiger charge is 2.33. The lowest BCUT2D eigenvalue weighted by molar-refractivity contribution is -0.142. The number of nitrogens with one attached hydrogen (secondary N) is 2. The summed E-state index contributed by atoms with van der Waals surface area (Å²) >= 11 is 3.85. The van der Waals surface area contributed by atoms with Crippen LogP contribution in [0.15, 0.2) is 0 Å². The van der Waals surface area contributed by atoms with Gasteiger partial charge in [0.15, 0.2) is 0 Å². The van der Waals surface area contributed by atoms with E-state index in [1.807, 2.05) is 0 Å². The first-order valence-electron chi connectivity index (χ1n) is 6.99. The van der Waals surface area contributed by atoms with E-state index in [0.717, 1.165) is 6.42 Å². The molecular formula is C13H21N3O5S. The van der Waals surface area contributed by atoms with Crippen molar-refractivity contribution in [2.24, 2.45) is 0 Å². The average molecular weight is 331 g/mol. The van der Waals surface area contributed by atoms with Crippen LogP contribution in [0.4, 0.5) is 0 Å². The number of rotatable bonds is 6. The van der Waals surface area contributed by atoms with Crippen LogP contribution < -0.4 is 10.6 Å². The lowest BCUT2D eigenvalue weighted by atomic mass is 10.2. The predicted octanol–water partition coefficient (Wildman–Crippen LogP) is -0.999. The molecule has 3 atom stereocenters. The Morgan fingerprint density at radius 2 is 1.95 bits per heavy atom. The first-order chi connectivity index (χ1) is 10.3. The van der Waals surface area contributed by atoms with E-state index in [1.54, 1.807) is 0 Å². The number of hydrogen-bond acceptors (Lipinski definition) is 5. The zero-order valence-electron chi connectivity index (χ0n) is 12.5. The SMILES string of the molecule is CC(=O)N1CCCC1C(=O)NC(C)C(=O)NC(CS)C(=O)O. The molecule has 0 aromatic carbocycles. The van der Waals surface area contributed by atoms with Crippen molar-refractivity contribution in [3.63, 3.8) is 0 Å². The summed E-state index contributed by atoms with van der Waals surface area (Å²) in [7, 11) is 0. The predicted molar refractivity (Wildman–Crippen MR) is 81.4 cm³/mol. The van der Waals surface area contributed by atoms with Gasteiger partial charge in [0.1, 0.15) is 18.1 Å². The number of likely N-dealkylation sites (tertiary alicyclic amines) is 1. The van der Waals surface area contributed by atoms with Crippen molar-refractivity contribution >= 4 is 36.3 Å². The van der Waals surface area contributed by atoms with Crippen LogP contribution in [0.5, 0.6) is 0 Å². The van der Waals surface area contributed by atoms with Gasteiger partial charge in [0, 0.05) is 19.2 Å². The van der Waals surface area contributed by atoms with Crippen LogP contribution in [0.3, 0.4) is 0 Å². The number of carboxylic acid groups (broad SMARTS) is 1. The topological polar surface area (TPSA) is 116 Å². The summed E-state index contributed by atoms with van der Waals surface area (Å²) in [5, 5.41) is 13.7. The van der Waals surface area contributed by atoms with E-state index in [1.165, 1.54) is 18.7 Å². The number of thiol groups is 1. The molecule has 1 heterocycles. The van der Waals surface area contributed by atoms with E-state index in [4.69, 9.17) is 5.11 Å². The Labute approximate surface area is 134 Å². The molecule has 0 aromatic heterocycles. The van der Waals surface area contributed by atoms with Crippen LogP contribution in [-0.2, 0) is 19.2 Å². The van der Waals surface area contributed by atoms with Crippen molar-refractivity contribution in [1.29, 1.82) is 0 Å². The number of carbonyl (C=O) groups is 4. The molecule has 0 spiro atoms. The minimum atomic E-state index is -1.19. The summed E-state index contributed by atoms with van der Waals surface area (Å²) < 4.78 is 0. The molecule has 1 aliphatic rings. The molecule has 0 aliphatic carbocycles. The van der Waals surface area contributed by atoms with Gasteiger partial charge >= 0.3 is 5.97 Å². The Kier molecular flexibility index (Phi) is 6.66. The van der Waals surface area contributed by atoms with Crippen molar-refractivity contribution < 1.29 is 24.3 Å². The van der Waals surface area contributed by atoms with Crippen LogP contribution in [0.2, 0.25) is 0 Å². The van der Waals surface area contributed by atoms with E-state index >= 15 is 0 Å². The summed E-state index contributed by atoms with van der Waals surface area (Å²) in [6, 6.07) is -2.59. The lowest BCUT2D eigenvalue weighted by Crippen LogP contribution is -2.54. The van der Waals surface area contributed by atoms with Crippen molar-refractivity contribution in [2.75, 3.05) is 12.3 Å². The molecule has 22 heavy (non-hydrogen) atoms. The van der Waals surface area contributed by atoms with Crippen LogP contribution in [0, 0.1) is 0 Å². The van der Waals surface area contributed by atoms with Gasteiger partial charge in [-0.15, -0.1) is 0 Å². The van der Waals surface area contributed by atoms with Gasteiger partial charge in [-0.2, -0.15) is 12.6 Å². The van der Waals surface area contributed by atoms with Gasteiger partial charge in [-0.1, -0.05) is 0 Å². The fourth-order valence-corrected chi connectivity index (χ4v) is 2.52. The Balaban J connectivity index is 2.58. The summed E-state index contributed by atoms with van der Waals surface area (Å²) in [6.07, 6.45) is 1.28. The second kappa shape index (κ2) is 8.02. The van der Waals surface area contributed by atoms with Crippen LogP contribution in [0.25, 0.3) is 0 Å². The first kappa shape index (κ1) is 18.3. The van der Waals surface area contributed by atoms with E-state index in [0.29, 0.717) is 13.0 Å². The molecule has 1 saturated heterocycles. The van der Waals surface area contributed by atoms with Gasteiger partial charge in [0.05, 0.1) is 0 Å². The minimum Gasteiger partial charge on any atom is -0.480 e. The molecule has 1 aliphatic heterocycles. The number of nitrogens with zero attached hydrogens (tertiary/aromatic N) is 1. The Hall–Kier alpha value is -1.77. The maximum atomic E-state index is 12.1. The number of amides is 3. The average Bonchev–Trinajstić information content (AvgIpc) is 2.93. The zero-order valence-corrected chi connectivity index (χ0v) is 13.4. The normalized spacial score (nSPS) is 20.1. The first-order valence-corrected chi connectivity index (χ1v) is 7.62. The smallest absolute Gasteiger partial charge is 0.327 e. The molecule has 8 nitrogen and oxygen atoms in total. The molecule has 3 N–H and O–H groups in total. The monoisotopic (exact) mass is 331 g/mol. The third-order valence-corrected chi connectivity index (χ3v) is 3.87. The standard InChI is InChI=1S/C13H21N3O5S/c1-7(11(18)15-9(6-22)13(20)21)14-12(19)10-4-3-5-16(10)8(2)17/h7,9-10,22H,3-6H2,1-2H3,(H,14,19)(H,15,18)(H,20,21). The molecule has 9 heteroatoms. The molecule has 3 unspecified atom stereocenters. The second-order valence-electron chi connectivity index (χ2n) is 5.18. The number of hydrogen-bond donors (Lipinski definition) is 4. The van der Waals surface area contributed by atoms with Crippen LogP contribution >= 0.6 is 12.6 Å². The Morgan fingerprint density at radius 3 is 2.45 bits per heavy atom. The molecule has 0 radical (unpaired) electrons. The van der Waals surface area contributed by atoms with Gasteiger partial charge < -0.3 is 20.6 Å². The van der Waals surface area contributed by atoms with Crippen molar-refractivity contribution in [3.8, 4) is 0 Å². The molecule has 124 valence electrons. The van der Waals surface area contributed by atoms with Gasteiger partial charge in [-0.05, 0) is 19.8 Å². The summed E-state index contributed by atoms with van der Waals surface area (Å²) in [5.41, 5.74) is 0. The van der Waals surface area contributed by atoms with Crippen LogP contribution in [-0.4, -0.2) is 64.1 Å². The third-order valence-electron chi connectivity index (χ3n) is 3.51. The number of aliphatic carboxylic acids is 1. The molecule has 0 aromatic rings. The van der Waals surface area contributed by atoms with Gasteiger partial charge in [0.2, 0.25) is 17.7 Å². The van der Waals surface area contributed by atoms with Gasteiger partial charge in [-0.3, -0.25) is 14.4 Å². The highest BCUT2D eigenvalue weighted by atomic mass is 32.1. The molecule has 1 rings (SSSR count).